The number of carbonyl (C=O) groups excluding carboxylic acids is 1. The van der Waals surface area contributed by atoms with Gasteiger partial charge < -0.3 is 9.64 Å². The summed E-state index contributed by atoms with van der Waals surface area (Å²) in [5.41, 5.74) is 1.03. The molecule has 2 aliphatic rings. The summed E-state index contributed by atoms with van der Waals surface area (Å²) in [6.07, 6.45) is 0. The van der Waals surface area contributed by atoms with E-state index in [1.807, 2.05) is 11.0 Å². The number of hydrogen-bond acceptors (Lipinski definition) is 5. The van der Waals surface area contributed by atoms with Crippen LogP contribution < -0.4 is 0 Å². The van der Waals surface area contributed by atoms with Crippen molar-refractivity contribution in [1.29, 1.82) is 5.26 Å². The lowest BCUT2D eigenvalue weighted by molar-refractivity contribution is -0.136. The normalized spacial score (nSPS) is 19.6. The number of morpholine rings is 1. The van der Waals surface area contributed by atoms with Crippen molar-refractivity contribution < 1.29 is 13.9 Å². The largest absolute Gasteiger partial charge is 0.378 e. The number of piperazine rings is 1. The number of hydrogen-bond donors (Lipinski definition) is 0. The van der Waals surface area contributed by atoms with E-state index < -0.39 is 0 Å². The average Bonchev–Trinajstić information content (AvgIpc) is 2.66. The summed E-state index contributed by atoms with van der Waals surface area (Å²) in [6, 6.07) is 6.51. The molecule has 25 heavy (non-hydrogen) atoms. The molecule has 1 amide bonds. The molecule has 0 atom stereocenters. The highest BCUT2D eigenvalue weighted by molar-refractivity contribution is 5.78. The molecule has 2 saturated heterocycles. The number of amides is 1. The molecule has 0 unspecified atom stereocenters. The van der Waals surface area contributed by atoms with Crippen LogP contribution in [-0.2, 0) is 16.1 Å². The molecule has 1 aromatic rings. The highest BCUT2D eigenvalue weighted by Gasteiger charge is 2.23. The molecule has 2 fully saturated rings. The number of carbonyl (C=O) groups is 1. The van der Waals surface area contributed by atoms with E-state index in [1.54, 1.807) is 6.07 Å². The second kappa shape index (κ2) is 8.39. The van der Waals surface area contributed by atoms with Gasteiger partial charge in [-0.05, 0) is 18.2 Å². The highest BCUT2D eigenvalue weighted by Crippen LogP contribution is 2.14. The maximum atomic E-state index is 13.9. The Hall–Kier alpha value is -2.01. The lowest BCUT2D eigenvalue weighted by Crippen LogP contribution is -2.51. The minimum absolute atomic E-state index is 0.157. The highest BCUT2D eigenvalue weighted by atomic mass is 19.1. The Morgan fingerprint density at radius 1 is 1.12 bits per heavy atom. The molecule has 0 spiro atoms. The minimum atomic E-state index is -0.274. The zero-order chi connectivity index (χ0) is 17.6. The van der Waals surface area contributed by atoms with Gasteiger partial charge in [0, 0.05) is 51.4 Å². The van der Waals surface area contributed by atoms with E-state index in [1.165, 1.54) is 12.1 Å². The molecule has 2 aliphatic heterocycles. The van der Waals surface area contributed by atoms with Crippen LogP contribution in [0.1, 0.15) is 11.1 Å². The molecule has 3 rings (SSSR count). The predicted molar refractivity (Wildman–Crippen MR) is 90.2 cm³/mol. The average molecular weight is 346 g/mol. The third-order valence-corrected chi connectivity index (χ3v) is 4.76. The number of ether oxygens (including phenoxy) is 1. The Morgan fingerprint density at radius 2 is 1.80 bits per heavy atom. The smallest absolute Gasteiger partial charge is 0.236 e. The van der Waals surface area contributed by atoms with Crippen molar-refractivity contribution >= 4 is 5.91 Å². The first-order valence-corrected chi connectivity index (χ1v) is 8.64. The van der Waals surface area contributed by atoms with Crippen molar-refractivity contribution in [1.82, 2.24) is 14.7 Å². The SMILES string of the molecule is N#Cc1ccc(F)c(CN2CCN(CC(=O)N3CCOCC3)CC2)c1. The quantitative estimate of drug-likeness (QED) is 0.802. The summed E-state index contributed by atoms with van der Waals surface area (Å²) in [5.74, 6) is -0.117. The fourth-order valence-electron chi connectivity index (χ4n) is 3.22. The van der Waals surface area contributed by atoms with Crippen molar-refractivity contribution in [2.75, 3.05) is 59.0 Å². The van der Waals surface area contributed by atoms with E-state index >= 15 is 0 Å². The standard InChI is InChI=1S/C18H23FN4O2/c19-17-2-1-15(12-20)11-16(17)13-21-3-5-22(6-4-21)14-18(24)23-7-9-25-10-8-23/h1-2,11H,3-10,13-14H2. The van der Waals surface area contributed by atoms with Crippen LogP contribution in [-0.4, -0.2) is 79.6 Å². The molecule has 134 valence electrons. The van der Waals surface area contributed by atoms with Crippen molar-refractivity contribution in [2.24, 2.45) is 0 Å². The summed E-state index contributed by atoms with van der Waals surface area (Å²) < 4.78 is 19.2. The second-order valence-electron chi connectivity index (χ2n) is 6.46. The van der Waals surface area contributed by atoms with Gasteiger partial charge in [0.2, 0.25) is 5.91 Å². The van der Waals surface area contributed by atoms with E-state index in [0.717, 1.165) is 26.2 Å². The van der Waals surface area contributed by atoms with Crippen LogP contribution in [0.15, 0.2) is 18.2 Å². The Morgan fingerprint density at radius 3 is 2.48 bits per heavy atom. The van der Waals surface area contributed by atoms with E-state index in [2.05, 4.69) is 9.80 Å². The molecule has 0 aromatic heterocycles. The summed E-state index contributed by atoms with van der Waals surface area (Å²) in [6.45, 7) is 6.66. The lowest BCUT2D eigenvalue weighted by atomic mass is 10.1. The van der Waals surface area contributed by atoms with Crippen molar-refractivity contribution in [2.45, 2.75) is 6.54 Å². The first-order chi connectivity index (χ1) is 12.2. The van der Waals surface area contributed by atoms with Gasteiger partial charge in [-0.3, -0.25) is 14.6 Å². The van der Waals surface area contributed by atoms with Gasteiger partial charge in [0.1, 0.15) is 5.82 Å². The monoisotopic (exact) mass is 346 g/mol. The maximum Gasteiger partial charge on any atom is 0.236 e. The van der Waals surface area contributed by atoms with Gasteiger partial charge in [0.15, 0.2) is 0 Å². The first-order valence-electron chi connectivity index (χ1n) is 8.64. The Kier molecular flexibility index (Phi) is 5.97. The van der Waals surface area contributed by atoms with E-state index in [4.69, 9.17) is 10.00 Å². The third kappa shape index (κ3) is 4.75. The molecule has 6 nitrogen and oxygen atoms in total. The third-order valence-electron chi connectivity index (χ3n) is 4.76. The molecule has 1 aromatic carbocycles. The zero-order valence-corrected chi connectivity index (χ0v) is 14.3. The predicted octanol–water partition coefficient (Wildman–Crippen LogP) is 0.674. The van der Waals surface area contributed by atoms with E-state index in [9.17, 15) is 9.18 Å². The molecule has 0 bridgehead atoms. The van der Waals surface area contributed by atoms with Crippen LogP contribution in [0, 0.1) is 17.1 Å². The van der Waals surface area contributed by atoms with Gasteiger partial charge in [-0.1, -0.05) is 0 Å². The van der Waals surface area contributed by atoms with Crippen molar-refractivity contribution in [3.8, 4) is 6.07 Å². The molecule has 0 aliphatic carbocycles. The second-order valence-corrected chi connectivity index (χ2v) is 6.46. The van der Waals surface area contributed by atoms with Crippen LogP contribution >= 0.6 is 0 Å². The maximum absolute atomic E-state index is 13.9. The van der Waals surface area contributed by atoms with Gasteiger partial charge in [-0.2, -0.15) is 5.26 Å². The van der Waals surface area contributed by atoms with Crippen LogP contribution in [0.5, 0.6) is 0 Å². The molecular weight excluding hydrogens is 323 g/mol. The number of nitrogens with zero attached hydrogens (tertiary/aromatic N) is 4. The fourth-order valence-corrected chi connectivity index (χ4v) is 3.22. The Bertz CT molecular complexity index is 647. The minimum Gasteiger partial charge on any atom is -0.378 e. The molecule has 7 heteroatoms. The number of halogens is 1. The summed E-state index contributed by atoms with van der Waals surface area (Å²) in [7, 11) is 0. The van der Waals surface area contributed by atoms with Gasteiger partial charge in [-0.15, -0.1) is 0 Å². The van der Waals surface area contributed by atoms with Gasteiger partial charge in [0.25, 0.3) is 0 Å². The summed E-state index contributed by atoms with van der Waals surface area (Å²) in [4.78, 5) is 18.5. The molecule has 2 heterocycles. The number of benzene rings is 1. The Balaban J connectivity index is 1.47. The van der Waals surface area contributed by atoms with Crippen LogP contribution in [0.2, 0.25) is 0 Å². The summed E-state index contributed by atoms with van der Waals surface area (Å²) >= 11 is 0. The topological polar surface area (TPSA) is 59.8 Å². The van der Waals surface area contributed by atoms with E-state index in [-0.39, 0.29) is 11.7 Å². The fraction of sp³-hybridized carbons (Fsp3) is 0.556. The van der Waals surface area contributed by atoms with Crippen molar-refractivity contribution in [3.63, 3.8) is 0 Å². The van der Waals surface area contributed by atoms with Gasteiger partial charge in [0.05, 0.1) is 31.4 Å². The molecular formula is C18H23FN4O2. The molecule has 0 radical (unpaired) electrons. The molecule has 0 saturated carbocycles. The first kappa shape index (κ1) is 17.8. The van der Waals surface area contributed by atoms with Gasteiger partial charge >= 0.3 is 0 Å². The van der Waals surface area contributed by atoms with Crippen LogP contribution in [0.25, 0.3) is 0 Å². The summed E-state index contributed by atoms with van der Waals surface area (Å²) in [5, 5.41) is 8.95. The zero-order valence-electron chi connectivity index (χ0n) is 14.3. The molecule has 0 N–H and O–H groups in total. The van der Waals surface area contributed by atoms with Crippen LogP contribution in [0.3, 0.4) is 0 Å². The van der Waals surface area contributed by atoms with Crippen molar-refractivity contribution in [3.05, 3.63) is 35.1 Å². The van der Waals surface area contributed by atoms with E-state index in [0.29, 0.717) is 50.5 Å². The van der Waals surface area contributed by atoms with Crippen LogP contribution in [0.4, 0.5) is 4.39 Å². The Labute approximate surface area is 147 Å². The van der Waals surface area contributed by atoms with Gasteiger partial charge in [-0.25, -0.2) is 4.39 Å². The number of rotatable bonds is 4. The number of nitriles is 1. The lowest BCUT2D eigenvalue weighted by Gasteiger charge is -2.36.